The van der Waals surface area contributed by atoms with Gasteiger partial charge in [-0.2, -0.15) is 4.99 Å². The molecule has 0 saturated heterocycles. The topological polar surface area (TPSA) is 62.1 Å². The molecule has 0 fully saturated rings. The van der Waals surface area contributed by atoms with Gasteiger partial charge in [0.25, 0.3) is 0 Å². The molecule has 1 aliphatic rings. The molecule has 2 heterocycles. The van der Waals surface area contributed by atoms with Gasteiger partial charge in [0, 0.05) is 19.0 Å². The predicted octanol–water partition coefficient (Wildman–Crippen LogP) is 2.82. The minimum absolute atomic E-state index is 0.136. The van der Waals surface area contributed by atoms with Crippen molar-refractivity contribution >= 4 is 38.2 Å². The lowest BCUT2D eigenvalue weighted by Gasteiger charge is -2.12. The first-order valence-electron chi connectivity index (χ1n) is 8.31. The Morgan fingerprint density at radius 2 is 2.15 bits per heavy atom. The van der Waals surface area contributed by atoms with Crippen LogP contribution in [0.4, 0.5) is 0 Å². The molecular formula is C19H18N2O4S. The van der Waals surface area contributed by atoms with Crippen LogP contribution in [0.5, 0.6) is 0 Å². The van der Waals surface area contributed by atoms with E-state index in [2.05, 4.69) is 29.3 Å². The molecule has 1 aliphatic heterocycles. The van der Waals surface area contributed by atoms with Gasteiger partial charge in [0.1, 0.15) is 19.5 Å². The number of aromatic nitrogens is 1. The maximum absolute atomic E-state index is 12.5. The van der Waals surface area contributed by atoms with Crippen LogP contribution in [0.1, 0.15) is 0 Å². The Labute approximate surface area is 153 Å². The van der Waals surface area contributed by atoms with Crippen LogP contribution in [0.3, 0.4) is 0 Å². The van der Waals surface area contributed by atoms with E-state index in [0.717, 1.165) is 21.0 Å². The Morgan fingerprint density at radius 3 is 2.96 bits per heavy atom. The lowest BCUT2D eigenvalue weighted by atomic mass is 10.1. The Hall–Kier alpha value is -2.64. The quantitative estimate of drug-likeness (QED) is 0.709. The number of amides is 1. The first kappa shape index (κ1) is 16.8. The molecule has 6 nitrogen and oxygen atoms in total. The fourth-order valence-electron chi connectivity index (χ4n) is 2.91. The van der Waals surface area contributed by atoms with E-state index in [0.29, 0.717) is 31.2 Å². The van der Waals surface area contributed by atoms with Gasteiger partial charge in [0.2, 0.25) is 5.76 Å². The molecule has 1 aromatic heterocycles. The lowest BCUT2D eigenvalue weighted by Crippen LogP contribution is -2.21. The van der Waals surface area contributed by atoms with Crippen molar-refractivity contribution in [3.63, 3.8) is 0 Å². The minimum Gasteiger partial charge on any atom is -0.494 e. The molecule has 134 valence electrons. The van der Waals surface area contributed by atoms with Crippen molar-refractivity contribution in [2.24, 2.45) is 4.99 Å². The summed E-state index contributed by atoms with van der Waals surface area (Å²) in [5, 5.41) is 2.30. The van der Waals surface area contributed by atoms with Crippen molar-refractivity contribution in [2.75, 3.05) is 26.9 Å². The maximum atomic E-state index is 12.5. The number of rotatable bonds is 4. The van der Waals surface area contributed by atoms with Gasteiger partial charge in [-0.3, -0.25) is 4.79 Å². The lowest BCUT2D eigenvalue weighted by molar-refractivity contribution is -0.119. The van der Waals surface area contributed by atoms with Crippen molar-refractivity contribution in [1.82, 2.24) is 4.57 Å². The number of hydrogen-bond acceptors (Lipinski definition) is 5. The van der Waals surface area contributed by atoms with Gasteiger partial charge >= 0.3 is 5.91 Å². The van der Waals surface area contributed by atoms with Gasteiger partial charge in [-0.15, -0.1) is 0 Å². The van der Waals surface area contributed by atoms with E-state index in [4.69, 9.17) is 14.2 Å². The second kappa shape index (κ2) is 7.31. The molecule has 7 heteroatoms. The zero-order chi connectivity index (χ0) is 17.9. The van der Waals surface area contributed by atoms with Gasteiger partial charge in [-0.1, -0.05) is 41.7 Å². The summed E-state index contributed by atoms with van der Waals surface area (Å²) in [4.78, 5) is 17.4. The molecule has 0 radical (unpaired) electrons. The van der Waals surface area contributed by atoms with Crippen LogP contribution in [0, 0.1) is 0 Å². The first-order valence-corrected chi connectivity index (χ1v) is 9.13. The van der Waals surface area contributed by atoms with Gasteiger partial charge in [0.15, 0.2) is 4.80 Å². The average Bonchev–Trinajstić information content (AvgIpc) is 3.04. The predicted molar refractivity (Wildman–Crippen MR) is 99.8 cm³/mol. The van der Waals surface area contributed by atoms with E-state index < -0.39 is 5.91 Å². The molecule has 0 N–H and O–H groups in total. The third-order valence-corrected chi connectivity index (χ3v) is 5.28. The normalized spacial score (nSPS) is 15.0. The van der Waals surface area contributed by atoms with E-state index in [-0.39, 0.29) is 5.76 Å². The largest absolute Gasteiger partial charge is 0.494 e. The van der Waals surface area contributed by atoms with E-state index in [1.165, 1.54) is 17.6 Å². The molecule has 0 unspecified atom stereocenters. The molecule has 4 rings (SSSR count). The molecule has 1 amide bonds. The standard InChI is InChI=1S/C19H18N2O4S/c1-23-9-8-21-15-7-6-13-4-2-3-5-14(13)17(15)26-19(21)20-18(22)16-12-24-10-11-25-16/h2-7,12H,8-11H2,1H3. The molecule has 0 atom stereocenters. The van der Waals surface area contributed by atoms with Crippen LogP contribution >= 0.6 is 11.3 Å². The number of fused-ring (bicyclic) bond motifs is 3. The van der Waals surface area contributed by atoms with E-state index >= 15 is 0 Å². The molecule has 0 bridgehead atoms. The third-order valence-electron chi connectivity index (χ3n) is 4.15. The summed E-state index contributed by atoms with van der Waals surface area (Å²) in [6.45, 7) is 1.94. The molecular weight excluding hydrogens is 352 g/mol. The number of thiazole rings is 1. The number of carbonyl (C=O) groups excluding carboxylic acids is 1. The maximum Gasteiger partial charge on any atom is 0.317 e. The number of methoxy groups -OCH3 is 1. The molecule has 26 heavy (non-hydrogen) atoms. The summed E-state index contributed by atoms with van der Waals surface area (Å²) >= 11 is 1.49. The summed E-state index contributed by atoms with van der Waals surface area (Å²) < 4.78 is 18.8. The average molecular weight is 370 g/mol. The molecule has 2 aromatic carbocycles. The number of nitrogens with zero attached hydrogens (tertiary/aromatic N) is 2. The van der Waals surface area contributed by atoms with Gasteiger partial charge in [-0.25, -0.2) is 0 Å². The van der Waals surface area contributed by atoms with Crippen LogP contribution in [-0.4, -0.2) is 37.4 Å². The van der Waals surface area contributed by atoms with Crippen LogP contribution in [-0.2, 0) is 25.5 Å². The third kappa shape index (κ3) is 3.11. The minimum atomic E-state index is -0.438. The van der Waals surface area contributed by atoms with E-state index in [1.54, 1.807) is 7.11 Å². The van der Waals surface area contributed by atoms with Gasteiger partial charge < -0.3 is 18.8 Å². The SMILES string of the molecule is COCCn1c(=NC(=O)C2=COCCO2)sc2c3ccccc3ccc21. The highest BCUT2D eigenvalue weighted by atomic mass is 32.1. The fraction of sp³-hybridized carbons (Fsp3) is 0.263. The molecule has 3 aromatic rings. The van der Waals surface area contributed by atoms with E-state index in [9.17, 15) is 4.79 Å². The fourth-order valence-corrected chi connectivity index (χ4v) is 4.09. The second-order valence-corrected chi connectivity index (χ2v) is 6.76. The van der Waals surface area contributed by atoms with Crippen molar-refractivity contribution < 1.29 is 19.0 Å². The summed E-state index contributed by atoms with van der Waals surface area (Å²) in [5.41, 5.74) is 1.03. The van der Waals surface area contributed by atoms with E-state index in [1.807, 2.05) is 16.7 Å². The Bertz CT molecular complexity index is 1060. The molecule has 0 aliphatic carbocycles. The highest BCUT2D eigenvalue weighted by molar-refractivity contribution is 7.17. The van der Waals surface area contributed by atoms with Crippen molar-refractivity contribution in [3.05, 3.63) is 53.2 Å². The zero-order valence-electron chi connectivity index (χ0n) is 14.3. The molecule has 0 spiro atoms. The second-order valence-electron chi connectivity index (χ2n) is 5.78. The van der Waals surface area contributed by atoms with Gasteiger partial charge in [-0.05, 0) is 11.5 Å². The van der Waals surface area contributed by atoms with Crippen LogP contribution in [0.25, 0.3) is 21.0 Å². The summed E-state index contributed by atoms with van der Waals surface area (Å²) in [5.74, 6) is -0.302. The number of ether oxygens (including phenoxy) is 3. The Morgan fingerprint density at radius 1 is 1.27 bits per heavy atom. The smallest absolute Gasteiger partial charge is 0.317 e. The van der Waals surface area contributed by atoms with Crippen LogP contribution in [0.2, 0.25) is 0 Å². The van der Waals surface area contributed by atoms with Crippen molar-refractivity contribution in [2.45, 2.75) is 6.54 Å². The number of benzene rings is 2. The number of hydrogen-bond donors (Lipinski definition) is 0. The number of carbonyl (C=O) groups is 1. The Kier molecular flexibility index (Phi) is 4.73. The Balaban J connectivity index is 1.89. The van der Waals surface area contributed by atoms with Crippen LogP contribution < -0.4 is 4.80 Å². The zero-order valence-corrected chi connectivity index (χ0v) is 15.1. The van der Waals surface area contributed by atoms with Gasteiger partial charge in [0.05, 0.1) is 16.8 Å². The first-order chi connectivity index (χ1) is 12.8. The summed E-state index contributed by atoms with van der Waals surface area (Å²) in [7, 11) is 1.66. The van der Waals surface area contributed by atoms with Crippen molar-refractivity contribution in [1.29, 1.82) is 0 Å². The van der Waals surface area contributed by atoms with Crippen molar-refractivity contribution in [3.8, 4) is 0 Å². The molecule has 0 saturated carbocycles. The highest BCUT2D eigenvalue weighted by Crippen LogP contribution is 2.27. The highest BCUT2D eigenvalue weighted by Gasteiger charge is 2.16. The van der Waals surface area contributed by atoms with Crippen LogP contribution in [0.15, 0.2) is 53.4 Å². The summed E-state index contributed by atoms with van der Waals surface area (Å²) in [6.07, 6.45) is 1.33. The summed E-state index contributed by atoms with van der Waals surface area (Å²) in [6, 6.07) is 12.3. The monoisotopic (exact) mass is 370 g/mol.